The Labute approximate surface area is 222 Å². The number of esters is 1. The van der Waals surface area contributed by atoms with Gasteiger partial charge in [-0.25, -0.2) is 18.6 Å². The van der Waals surface area contributed by atoms with E-state index >= 15 is 0 Å². The van der Waals surface area contributed by atoms with Gasteiger partial charge >= 0.3 is 5.97 Å². The molecule has 1 amide bonds. The first kappa shape index (κ1) is 28.1. The van der Waals surface area contributed by atoms with Gasteiger partial charge in [-0.1, -0.05) is 40.4 Å². The lowest BCUT2D eigenvalue weighted by molar-refractivity contribution is -0.150. The first-order valence-electron chi connectivity index (χ1n) is 12.4. The van der Waals surface area contributed by atoms with Crippen LogP contribution in [0.5, 0.6) is 0 Å². The predicted octanol–water partition coefficient (Wildman–Crippen LogP) is 1.84. The maximum atomic E-state index is 13.9. The summed E-state index contributed by atoms with van der Waals surface area (Å²) in [5.41, 5.74) is 0.194. The number of ether oxygens (including phenoxy) is 1. The normalized spacial score (nSPS) is 34.7. The number of rotatable bonds is 7. The topological polar surface area (TPSA) is 117 Å². The lowest BCUT2D eigenvalue weighted by Crippen LogP contribution is -2.62. The summed E-state index contributed by atoms with van der Waals surface area (Å²) in [4.78, 5) is 27.1. The van der Waals surface area contributed by atoms with Crippen molar-refractivity contribution in [3.8, 4) is 0 Å². The molecule has 1 saturated carbocycles. The van der Waals surface area contributed by atoms with E-state index in [-0.39, 0.29) is 34.8 Å². The third kappa shape index (κ3) is 3.85. The minimum Gasteiger partial charge on any atom is -0.468 e. The molecule has 0 unspecified atom stereocenters. The van der Waals surface area contributed by atoms with Gasteiger partial charge < -0.3 is 9.16 Å². The Morgan fingerprint density at radius 1 is 1.22 bits per heavy atom. The van der Waals surface area contributed by atoms with E-state index in [1.54, 1.807) is 0 Å². The fraction of sp³-hybridized carbons (Fsp3) is 0.864. The van der Waals surface area contributed by atoms with Crippen molar-refractivity contribution in [3.05, 3.63) is 0 Å². The van der Waals surface area contributed by atoms with E-state index in [2.05, 4.69) is 64.2 Å². The first-order chi connectivity index (χ1) is 16.2. The van der Waals surface area contributed by atoms with Gasteiger partial charge in [0, 0.05) is 32.9 Å². The molecule has 0 bridgehead atoms. The number of hydrazine groups is 1. The Morgan fingerprint density at radius 2 is 1.83 bits per heavy atom. The third-order valence-electron chi connectivity index (χ3n) is 8.81. The van der Waals surface area contributed by atoms with E-state index in [4.69, 9.17) is 21.4 Å². The number of hydrogen-bond donors (Lipinski definition) is 2. The van der Waals surface area contributed by atoms with Crippen LogP contribution in [-0.2, 0) is 28.8 Å². The molecule has 5 atom stereocenters. The summed E-state index contributed by atoms with van der Waals surface area (Å²) in [5, 5.41) is 4.04. The van der Waals surface area contributed by atoms with E-state index in [0.717, 1.165) is 0 Å². The monoisotopic (exact) mass is 576 g/mol. The average Bonchev–Trinajstić information content (AvgIpc) is 3.39. The average molecular weight is 577 g/mol. The molecule has 1 spiro atoms. The number of thiocarbonyl (C=S) groups is 1. The van der Waals surface area contributed by atoms with E-state index < -0.39 is 61.5 Å². The van der Waals surface area contributed by atoms with E-state index in [1.807, 2.05) is 0 Å². The highest BCUT2D eigenvalue weighted by Crippen LogP contribution is 2.62. The first-order valence-corrected chi connectivity index (χ1v) is 21.1. The van der Waals surface area contributed by atoms with Crippen molar-refractivity contribution in [2.45, 2.75) is 88.3 Å². The summed E-state index contributed by atoms with van der Waals surface area (Å²) in [6.07, 6.45) is -0.140. The molecule has 36 heavy (non-hydrogen) atoms. The number of carbonyl (C=O) groups is 2. The van der Waals surface area contributed by atoms with Crippen LogP contribution in [0.3, 0.4) is 0 Å². The van der Waals surface area contributed by atoms with Crippen molar-refractivity contribution in [2.75, 3.05) is 19.4 Å². The number of amides is 1. The third-order valence-corrected chi connectivity index (χ3v) is 17.5. The molecule has 10 nitrogen and oxygen atoms in total. The second-order valence-electron chi connectivity index (χ2n) is 13.3. The molecule has 2 N–H and O–H groups in total. The molecule has 3 heterocycles. The Balaban J connectivity index is 1.85. The van der Waals surface area contributed by atoms with Crippen LogP contribution >= 0.6 is 12.2 Å². The van der Waals surface area contributed by atoms with Crippen molar-refractivity contribution >= 4 is 55.6 Å². The van der Waals surface area contributed by atoms with Crippen molar-refractivity contribution < 1.29 is 27.2 Å². The highest BCUT2D eigenvalue weighted by Gasteiger charge is 2.84. The van der Waals surface area contributed by atoms with Crippen LogP contribution in [0, 0.1) is 11.8 Å². The molecule has 4 rings (SSSR count). The molecule has 4 fully saturated rings. The van der Waals surface area contributed by atoms with Crippen LogP contribution in [0.1, 0.15) is 27.2 Å². The van der Waals surface area contributed by atoms with Crippen LogP contribution in [0.4, 0.5) is 0 Å². The highest BCUT2D eigenvalue weighted by molar-refractivity contribution is 7.89. The molecule has 3 aliphatic heterocycles. The summed E-state index contributed by atoms with van der Waals surface area (Å²) < 4.78 is 41.2. The summed E-state index contributed by atoms with van der Waals surface area (Å²) in [5.74, 6) is -2.22. The number of sulfonamides is 1. The van der Waals surface area contributed by atoms with Crippen LogP contribution in [0.2, 0.25) is 43.8 Å². The molecule has 1 aliphatic carbocycles. The predicted molar refractivity (Wildman–Crippen MR) is 146 cm³/mol. The van der Waals surface area contributed by atoms with Gasteiger partial charge in [-0.2, -0.15) is 4.31 Å². The van der Waals surface area contributed by atoms with E-state index in [1.165, 1.54) is 16.4 Å². The molecule has 0 aromatic rings. The van der Waals surface area contributed by atoms with Gasteiger partial charge in [0.15, 0.2) is 13.4 Å². The minimum atomic E-state index is -3.87. The van der Waals surface area contributed by atoms with Gasteiger partial charge in [-0.3, -0.25) is 15.1 Å². The molecule has 0 aromatic carbocycles. The van der Waals surface area contributed by atoms with Crippen molar-refractivity contribution in [1.29, 1.82) is 0 Å². The summed E-state index contributed by atoms with van der Waals surface area (Å²) in [6.45, 7) is 17.1. The second-order valence-corrected chi connectivity index (χ2v) is 26.1. The quantitative estimate of drug-likeness (QED) is 0.266. The van der Waals surface area contributed by atoms with Crippen LogP contribution in [0.25, 0.3) is 0 Å². The Morgan fingerprint density at radius 3 is 2.36 bits per heavy atom. The molecule has 14 heteroatoms. The Kier molecular flexibility index (Phi) is 6.48. The molecule has 3 saturated heterocycles. The van der Waals surface area contributed by atoms with Gasteiger partial charge in [-0.05, 0) is 36.4 Å². The zero-order valence-corrected chi connectivity index (χ0v) is 26.4. The standard InChI is InChI=1S/C22H40N4O6S2Si2/c1-20(2,3)36(8,9)32-15-12-21(18(28)31-4)16-14(15)13-25(34(29,30)10-11-35(5,6)7)22(16)17(27)23-19(33)26(22)24-21/h14-16,24H,10-13H2,1-9H3,(H,23,27,33)/t14-,15-,16-,21+,22-/m1/s1. The molecular weight excluding hydrogens is 537 g/mol. The minimum absolute atomic E-state index is 0.0588. The number of nitrogens with zero attached hydrogens (tertiary/aromatic N) is 2. The zero-order chi connectivity index (χ0) is 27.3. The lowest BCUT2D eigenvalue weighted by atomic mass is 9.79. The number of carbonyl (C=O) groups excluding carboxylic acids is 2. The number of hydrogen-bond acceptors (Lipinski definition) is 8. The van der Waals surface area contributed by atoms with Gasteiger partial charge in [0.25, 0.3) is 5.91 Å². The fourth-order valence-corrected chi connectivity index (χ4v) is 12.4. The molecule has 4 aliphatic rings. The highest BCUT2D eigenvalue weighted by atomic mass is 32.2. The molecule has 0 radical (unpaired) electrons. The SMILES string of the molecule is COC(=O)[C@@]12C[C@@H](O[Si](C)(C)C(C)(C)C)[C@H]3CN(S(=O)(=O)CC[Si](C)(C)C)[C@]4(C(=O)NC(=S)N4N1)[C@H]32. The van der Waals surface area contributed by atoms with Gasteiger partial charge in [0.1, 0.15) is 5.54 Å². The van der Waals surface area contributed by atoms with Crippen molar-refractivity contribution in [2.24, 2.45) is 11.8 Å². The van der Waals surface area contributed by atoms with Crippen LogP contribution in [-0.4, -0.2) is 87.8 Å². The smallest absolute Gasteiger partial charge is 0.328 e. The van der Waals surface area contributed by atoms with E-state index in [0.29, 0.717) is 6.04 Å². The Bertz CT molecular complexity index is 1100. The van der Waals surface area contributed by atoms with Crippen molar-refractivity contribution in [3.63, 3.8) is 0 Å². The maximum Gasteiger partial charge on any atom is 0.328 e. The summed E-state index contributed by atoms with van der Waals surface area (Å²) in [7, 11) is -6.55. The largest absolute Gasteiger partial charge is 0.468 e. The van der Waals surface area contributed by atoms with E-state index in [9.17, 15) is 18.0 Å². The summed E-state index contributed by atoms with van der Waals surface area (Å²) in [6, 6.07) is 0.558. The second kappa shape index (κ2) is 8.29. The maximum absolute atomic E-state index is 13.9. The number of nitrogens with one attached hydrogen (secondary N) is 2. The number of methoxy groups -OCH3 is 1. The van der Waals surface area contributed by atoms with Gasteiger partial charge in [0.2, 0.25) is 15.7 Å². The lowest BCUT2D eigenvalue weighted by Gasteiger charge is -2.40. The molecule has 204 valence electrons. The zero-order valence-electron chi connectivity index (χ0n) is 22.7. The Hall–Kier alpha value is -0.906. The molecule has 0 aromatic heterocycles. The van der Waals surface area contributed by atoms with Crippen molar-refractivity contribution in [1.82, 2.24) is 20.1 Å². The molecular formula is C22H40N4O6S2Si2. The van der Waals surface area contributed by atoms with Gasteiger partial charge in [0.05, 0.1) is 19.0 Å². The van der Waals surface area contributed by atoms with Crippen LogP contribution in [0.15, 0.2) is 0 Å². The fourth-order valence-electron chi connectivity index (χ4n) is 5.98. The van der Waals surface area contributed by atoms with Crippen LogP contribution < -0.4 is 10.7 Å². The van der Waals surface area contributed by atoms with Gasteiger partial charge in [-0.15, -0.1) is 0 Å². The summed E-state index contributed by atoms with van der Waals surface area (Å²) >= 11 is 5.45.